The van der Waals surface area contributed by atoms with Gasteiger partial charge >= 0.3 is 11.9 Å². The molecule has 0 aromatic rings. The van der Waals surface area contributed by atoms with Crippen molar-refractivity contribution in [3.8, 4) is 0 Å². The van der Waals surface area contributed by atoms with E-state index in [9.17, 15) is 9.59 Å². The summed E-state index contributed by atoms with van der Waals surface area (Å²) in [6, 6.07) is 0. The normalized spacial score (nSPS) is 16.1. The second-order valence-electron chi connectivity index (χ2n) is 3.08. The average Bonchev–Trinajstić information content (AvgIpc) is 2.22. The van der Waals surface area contributed by atoms with E-state index in [1.54, 1.807) is 13.8 Å². The zero-order chi connectivity index (χ0) is 12.7. The first kappa shape index (κ1) is 16.2. The third-order valence-electron chi connectivity index (χ3n) is 1.52. The van der Waals surface area contributed by atoms with Crippen molar-refractivity contribution in [1.82, 2.24) is 0 Å². The van der Waals surface area contributed by atoms with Crippen LogP contribution in [0, 0.1) is 0 Å². The molecule has 0 spiro atoms. The maximum atomic E-state index is 11.2. The van der Waals surface area contributed by atoms with Gasteiger partial charge in [0.2, 0.25) is 0 Å². The highest BCUT2D eigenvalue weighted by atomic mass is 79.9. The first-order chi connectivity index (χ1) is 7.38. The molecule has 4 nitrogen and oxygen atoms in total. The maximum absolute atomic E-state index is 11.2. The van der Waals surface area contributed by atoms with Gasteiger partial charge in [-0.3, -0.25) is 9.59 Å². The van der Waals surface area contributed by atoms with Gasteiger partial charge in [0.1, 0.15) is 22.4 Å². The van der Waals surface area contributed by atoms with Crippen LogP contribution < -0.4 is 0 Å². The Morgan fingerprint density at radius 3 is 2.06 bits per heavy atom. The average molecular weight is 380 g/mol. The molecule has 0 aliphatic heterocycles. The van der Waals surface area contributed by atoms with E-state index in [1.807, 2.05) is 0 Å². The summed E-state index contributed by atoms with van der Waals surface area (Å²) in [5.41, 5.74) is 0. The summed E-state index contributed by atoms with van der Waals surface area (Å²) < 4.78 is 9.86. The molecule has 0 radical (unpaired) electrons. The summed E-state index contributed by atoms with van der Waals surface area (Å²) in [4.78, 5) is 21.5. The van der Waals surface area contributed by atoms with Crippen LogP contribution in [-0.2, 0) is 19.1 Å². The van der Waals surface area contributed by atoms with Gasteiger partial charge in [0.15, 0.2) is 0 Å². The van der Waals surface area contributed by atoms with Gasteiger partial charge in [0.05, 0.1) is 5.88 Å². The van der Waals surface area contributed by atoms with E-state index in [1.165, 1.54) is 0 Å². The number of hydrogen-bond donors (Lipinski definition) is 0. The first-order valence-electron chi connectivity index (χ1n) is 4.59. The lowest BCUT2D eigenvalue weighted by Crippen LogP contribution is -2.30. The van der Waals surface area contributed by atoms with Gasteiger partial charge in [-0.05, 0) is 13.8 Å². The van der Waals surface area contributed by atoms with Crippen molar-refractivity contribution in [1.29, 1.82) is 0 Å². The fourth-order valence-corrected chi connectivity index (χ4v) is 1.05. The number of ether oxygens (including phenoxy) is 2. The number of carbonyl (C=O) groups is 2. The van der Waals surface area contributed by atoms with Crippen LogP contribution >= 0.6 is 43.5 Å². The van der Waals surface area contributed by atoms with Gasteiger partial charge in [-0.25, -0.2) is 0 Å². The molecule has 0 amide bonds. The second kappa shape index (κ2) is 8.31. The Hall–Kier alpha value is 0.190. The van der Waals surface area contributed by atoms with Crippen molar-refractivity contribution in [3.05, 3.63) is 0 Å². The molecule has 0 aliphatic rings. The van der Waals surface area contributed by atoms with Crippen LogP contribution in [-0.4, -0.2) is 40.2 Å². The zero-order valence-corrected chi connectivity index (χ0v) is 12.8. The molecule has 94 valence electrons. The number of halogens is 3. The van der Waals surface area contributed by atoms with E-state index < -0.39 is 27.7 Å². The molecule has 0 unspecified atom stereocenters. The molecular weight excluding hydrogens is 367 g/mol. The lowest BCUT2D eigenvalue weighted by molar-refractivity contribution is -0.156. The van der Waals surface area contributed by atoms with Gasteiger partial charge in [0, 0.05) is 0 Å². The molecule has 0 fully saturated rings. The van der Waals surface area contributed by atoms with E-state index in [0.717, 1.165) is 0 Å². The van der Waals surface area contributed by atoms with Gasteiger partial charge in [-0.15, -0.1) is 11.6 Å². The molecule has 7 heteroatoms. The topological polar surface area (TPSA) is 52.6 Å². The first-order valence-corrected chi connectivity index (χ1v) is 6.96. The molecular formula is C9H13Br2ClO4. The van der Waals surface area contributed by atoms with E-state index in [0.29, 0.717) is 0 Å². The predicted octanol–water partition coefficient (Wildman–Crippen LogP) is 2.25. The van der Waals surface area contributed by atoms with Crippen LogP contribution in [0.2, 0.25) is 0 Å². The molecule has 0 heterocycles. The molecule has 0 saturated carbocycles. The molecule has 3 atom stereocenters. The minimum absolute atomic E-state index is 0.0380. The Morgan fingerprint density at radius 1 is 1.19 bits per heavy atom. The molecule has 0 N–H and O–H groups in total. The van der Waals surface area contributed by atoms with Crippen molar-refractivity contribution >= 4 is 55.4 Å². The Balaban J connectivity index is 4.02. The Kier molecular flexibility index (Phi) is 8.40. The monoisotopic (exact) mass is 378 g/mol. The molecule has 16 heavy (non-hydrogen) atoms. The van der Waals surface area contributed by atoms with Crippen molar-refractivity contribution in [2.24, 2.45) is 0 Å². The van der Waals surface area contributed by atoms with Crippen LogP contribution in [0.15, 0.2) is 0 Å². The second-order valence-corrected chi connectivity index (χ2v) is 6.13. The van der Waals surface area contributed by atoms with E-state index >= 15 is 0 Å². The number of alkyl halides is 3. The largest absolute Gasteiger partial charge is 0.461 e. The van der Waals surface area contributed by atoms with E-state index in [2.05, 4.69) is 31.9 Å². The molecule has 0 saturated heterocycles. The lowest BCUT2D eigenvalue weighted by atomic mass is 10.4. The standard InChI is InChI=1S/C9H13Br2ClO4/c1-5(10)8(13)15-4-7(3-12)16-9(14)6(2)11/h5-7H,3-4H2,1-2H3/t5-,6-,7-/m1/s1. The maximum Gasteiger partial charge on any atom is 0.319 e. The third-order valence-corrected chi connectivity index (χ3v) is 2.61. The Labute approximate surface area is 116 Å². The molecule has 0 rings (SSSR count). The van der Waals surface area contributed by atoms with Crippen LogP contribution in [0.1, 0.15) is 13.8 Å². The number of rotatable bonds is 6. The summed E-state index contributed by atoms with van der Waals surface area (Å²) in [5.74, 6) is -0.776. The molecule has 0 aliphatic carbocycles. The van der Waals surface area contributed by atoms with Gasteiger partial charge in [-0.2, -0.15) is 0 Å². The van der Waals surface area contributed by atoms with Crippen molar-refractivity contribution < 1.29 is 19.1 Å². The highest BCUT2D eigenvalue weighted by Crippen LogP contribution is 2.07. The van der Waals surface area contributed by atoms with Crippen LogP contribution in [0.25, 0.3) is 0 Å². The SMILES string of the molecule is C[C@@H](Br)C(=O)OC[C@@H](CCl)OC(=O)[C@@H](C)Br. The fourth-order valence-electron chi connectivity index (χ4n) is 0.658. The lowest BCUT2D eigenvalue weighted by Gasteiger charge is -2.16. The summed E-state index contributed by atoms with van der Waals surface area (Å²) >= 11 is 11.7. The van der Waals surface area contributed by atoms with E-state index in [4.69, 9.17) is 21.1 Å². The molecule has 0 aromatic heterocycles. The summed E-state index contributed by atoms with van der Waals surface area (Å²) in [5, 5.41) is 0. The summed E-state index contributed by atoms with van der Waals surface area (Å²) in [7, 11) is 0. The molecule has 0 bridgehead atoms. The quantitative estimate of drug-likeness (QED) is 0.524. The van der Waals surface area contributed by atoms with Crippen molar-refractivity contribution in [3.63, 3.8) is 0 Å². The minimum Gasteiger partial charge on any atom is -0.461 e. The minimum atomic E-state index is -0.621. The van der Waals surface area contributed by atoms with Gasteiger partial charge < -0.3 is 9.47 Å². The van der Waals surface area contributed by atoms with Crippen LogP contribution in [0.3, 0.4) is 0 Å². The smallest absolute Gasteiger partial charge is 0.319 e. The number of carbonyl (C=O) groups excluding carboxylic acids is 2. The fraction of sp³-hybridized carbons (Fsp3) is 0.778. The number of esters is 2. The molecule has 0 aromatic carbocycles. The van der Waals surface area contributed by atoms with Crippen molar-refractivity contribution in [2.75, 3.05) is 12.5 Å². The van der Waals surface area contributed by atoms with Crippen LogP contribution in [0.4, 0.5) is 0 Å². The Morgan fingerprint density at radius 2 is 1.69 bits per heavy atom. The van der Waals surface area contributed by atoms with Gasteiger partial charge in [0.25, 0.3) is 0 Å². The highest BCUT2D eigenvalue weighted by Gasteiger charge is 2.20. The van der Waals surface area contributed by atoms with Crippen molar-refractivity contribution in [2.45, 2.75) is 29.6 Å². The Bertz CT molecular complexity index is 246. The predicted molar refractivity (Wildman–Crippen MR) is 68.3 cm³/mol. The highest BCUT2D eigenvalue weighted by molar-refractivity contribution is 9.10. The van der Waals surface area contributed by atoms with Gasteiger partial charge in [-0.1, -0.05) is 31.9 Å². The summed E-state index contributed by atoms with van der Waals surface area (Å²) in [6.45, 7) is 3.24. The van der Waals surface area contributed by atoms with E-state index in [-0.39, 0.29) is 12.5 Å². The number of hydrogen-bond acceptors (Lipinski definition) is 4. The zero-order valence-electron chi connectivity index (χ0n) is 8.91. The summed E-state index contributed by atoms with van der Waals surface area (Å²) in [6.07, 6.45) is -0.621. The van der Waals surface area contributed by atoms with Crippen LogP contribution in [0.5, 0.6) is 0 Å². The third kappa shape index (κ3) is 6.70.